The number of piperidine rings is 1. The number of aryl methyl sites for hydroxylation is 1. The van der Waals surface area contributed by atoms with Crippen LogP contribution in [0.2, 0.25) is 0 Å². The molecule has 3 aliphatic rings. The zero-order valence-electron chi connectivity index (χ0n) is 16.3. The number of amides is 1. The van der Waals surface area contributed by atoms with Gasteiger partial charge in [-0.2, -0.15) is 0 Å². The lowest BCUT2D eigenvalue weighted by atomic mass is 9.94. The molecule has 0 unspecified atom stereocenters. The Morgan fingerprint density at radius 1 is 1.04 bits per heavy atom. The van der Waals surface area contributed by atoms with Gasteiger partial charge in [0.25, 0.3) is 5.91 Å². The van der Waals surface area contributed by atoms with Crippen LogP contribution in [0.15, 0.2) is 54.7 Å². The van der Waals surface area contributed by atoms with Crippen LogP contribution in [-0.4, -0.2) is 50.8 Å². The molecule has 5 nitrogen and oxygen atoms in total. The van der Waals surface area contributed by atoms with Crippen molar-refractivity contribution < 1.29 is 4.79 Å². The summed E-state index contributed by atoms with van der Waals surface area (Å²) in [6.45, 7) is 5.64. The van der Waals surface area contributed by atoms with E-state index in [9.17, 15) is 4.79 Å². The van der Waals surface area contributed by atoms with Crippen LogP contribution in [0.4, 0.5) is 0 Å². The summed E-state index contributed by atoms with van der Waals surface area (Å²) < 4.78 is 1.94. The van der Waals surface area contributed by atoms with Crippen LogP contribution in [0.1, 0.15) is 34.6 Å². The van der Waals surface area contributed by atoms with E-state index in [0.717, 1.165) is 37.5 Å². The Hall–Kier alpha value is -2.66. The zero-order valence-corrected chi connectivity index (χ0v) is 16.3. The van der Waals surface area contributed by atoms with Gasteiger partial charge in [-0.1, -0.05) is 36.4 Å². The van der Waals surface area contributed by atoms with E-state index in [0.29, 0.717) is 17.7 Å². The number of carbonyl (C=O) groups excluding carboxylic acids is 1. The Morgan fingerprint density at radius 3 is 2.71 bits per heavy atom. The van der Waals surface area contributed by atoms with Gasteiger partial charge >= 0.3 is 0 Å². The molecule has 28 heavy (non-hydrogen) atoms. The van der Waals surface area contributed by atoms with E-state index >= 15 is 0 Å². The van der Waals surface area contributed by atoms with Gasteiger partial charge < -0.3 is 4.90 Å². The molecule has 144 valence electrons. The molecule has 0 N–H and O–H groups in total. The Morgan fingerprint density at radius 2 is 1.86 bits per heavy atom. The first-order valence-electron chi connectivity index (χ1n) is 10.2. The van der Waals surface area contributed by atoms with E-state index in [1.807, 2.05) is 35.7 Å². The van der Waals surface area contributed by atoms with Crippen molar-refractivity contribution in [3.63, 3.8) is 0 Å². The number of hydrogen-bond donors (Lipinski definition) is 0. The van der Waals surface area contributed by atoms with Crippen molar-refractivity contribution in [2.24, 2.45) is 5.92 Å². The number of rotatable bonds is 3. The summed E-state index contributed by atoms with van der Waals surface area (Å²) in [5.74, 6) is 0.667. The molecule has 5 heteroatoms. The van der Waals surface area contributed by atoms with Crippen LogP contribution in [0, 0.1) is 12.8 Å². The Balaban J connectivity index is 1.40. The van der Waals surface area contributed by atoms with Crippen molar-refractivity contribution in [3.05, 3.63) is 71.7 Å². The van der Waals surface area contributed by atoms with Crippen molar-refractivity contribution >= 4 is 11.6 Å². The topological polar surface area (TPSA) is 40.9 Å². The Bertz CT molecular complexity index is 996. The largest absolute Gasteiger partial charge is 0.335 e. The normalized spacial score (nSPS) is 22.5. The third-order valence-corrected chi connectivity index (χ3v) is 6.25. The summed E-state index contributed by atoms with van der Waals surface area (Å²) in [5.41, 5.74) is 3.72. The molecule has 3 saturated heterocycles. The van der Waals surface area contributed by atoms with Gasteiger partial charge in [-0.3, -0.25) is 14.1 Å². The molecule has 0 saturated carbocycles. The maximum Gasteiger partial charge on any atom is 0.272 e. The number of pyridine rings is 1. The molecule has 1 aromatic carbocycles. The maximum absolute atomic E-state index is 13.5. The molecular weight excluding hydrogens is 348 g/mol. The van der Waals surface area contributed by atoms with Crippen LogP contribution < -0.4 is 0 Å². The minimum absolute atomic E-state index is 0.120. The van der Waals surface area contributed by atoms with Gasteiger partial charge in [-0.15, -0.1) is 0 Å². The zero-order chi connectivity index (χ0) is 19.1. The Kier molecular flexibility index (Phi) is 4.40. The molecule has 3 fully saturated rings. The molecule has 0 radical (unpaired) electrons. The van der Waals surface area contributed by atoms with Crippen molar-refractivity contribution in [1.82, 2.24) is 19.2 Å². The molecule has 5 heterocycles. The van der Waals surface area contributed by atoms with Gasteiger partial charge in [-0.05, 0) is 43.4 Å². The lowest BCUT2D eigenvalue weighted by molar-refractivity contribution is 0.0728. The molecule has 3 aromatic rings. The van der Waals surface area contributed by atoms with Crippen molar-refractivity contribution in [3.8, 4) is 0 Å². The first-order valence-corrected chi connectivity index (χ1v) is 10.2. The summed E-state index contributed by atoms with van der Waals surface area (Å²) in [7, 11) is 0. The van der Waals surface area contributed by atoms with E-state index in [1.54, 1.807) is 0 Å². The van der Waals surface area contributed by atoms with E-state index in [2.05, 4.69) is 45.1 Å². The van der Waals surface area contributed by atoms with Gasteiger partial charge in [-0.25, -0.2) is 4.98 Å². The molecule has 0 spiro atoms. The lowest BCUT2D eigenvalue weighted by Crippen LogP contribution is -2.44. The highest BCUT2D eigenvalue weighted by Crippen LogP contribution is 2.30. The number of benzene rings is 1. The van der Waals surface area contributed by atoms with Crippen LogP contribution in [0.5, 0.6) is 0 Å². The van der Waals surface area contributed by atoms with Gasteiger partial charge in [0, 0.05) is 38.4 Å². The maximum atomic E-state index is 13.5. The van der Waals surface area contributed by atoms with E-state index < -0.39 is 0 Å². The van der Waals surface area contributed by atoms with Crippen molar-refractivity contribution in [2.45, 2.75) is 32.4 Å². The number of imidazole rings is 1. The lowest BCUT2D eigenvalue weighted by Gasteiger charge is -2.36. The molecule has 2 aromatic heterocycles. The molecule has 0 aliphatic carbocycles. The van der Waals surface area contributed by atoms with Crippen molar-refractivity contribution in [2.75, 3.05) is 19.6 Å². The van der Waals surface area contributed by atoms with Crippen LogP contribution in [0.3, 0.4) is 0 Å². The predicted molar refractivity (Wildman–Crippen MR) is 109 cm³/mol. The van der Waals surface area contributed by atoms with Crippen molar-refractivity contribution in [1.29, 1.82) is 0 Å². The SMILES string of the molecule is Cc1nc2ccccn2c1C(=O)N1C[C@H]2CC[C@@H](C1)N(Cc1ccccc1)C2. The fraction of sp³-hybridized carbons (Fsp3) is 0.391. The summed E-state index contributed by atoms with van der Waals surface area (Å²) in [6.07, 6.45) is 4.33. The third-order valence-electron chi connectivity index (χ3n) is 6.25. The number of carbonyl (C=O) groups is 1. The number of fused-ring (bicyclic) bond motifs is 5. The first kappa shape index (κ1) is 17.4. The molecule has 3 aliphatic heterocycles. The summed E-state index contributed by atoms with van der Waals surface area (Å²) in [5, 5.41) is 0. The van der Waals surface area contributed by atoms with Gasteiger partial charge in [0.2, 0.25) is 0 Å². The smallest absolute Gasteiger partial charge is 0.272 e. The second kappa shape index (κ2) is 7.06. The minimum Gasteiger partial charge on any atom is -0.335 e. The summed E-state index contributed by atoms with van der Waals surface area (Å²) >= 11 is 0. The molecule has 2 bridgehead atoms. The van der Waals surface area contributed by atoms with E-state index in [4.69, 9.17) is 0 Å². The Labute approximate surface area is 165 Å². The standard InChI is InChI=1S/C23H26N4O/c1-17-22(27-12-6-5-9-21(27)24-17)23(28)26-15-19-10-11-20(16-26)25(14-19)13-18-7-3-2-4-8-18/h2-9,12,19-20H,10-11,13-16H2,1H3/t19-,20-/m0/s1. The van der Waals surface area contributed by atoms with Gasteiger partial charge in [0.1, 0.15) is 11.3 Å². The average Bonchev–Trinajstić information content (AvgIpc) is 2.84. The van der Waals surface area contributed by atoms with E-state index in [1.165, 1.54) is 18.4 Å². The second-order valence-electron chi connectivity index (χ2n) is 8.20. The minimum atomic E-state index is 0.120. The average molecular weight is 374 g/mol. The summed E-state index contributed by atoms with van der Waals surface area (Å²) in [4.78, 5) is 22.7. The van der Waals surface area contributed by atoms with Gasteiger partial charge in [0.05, 0.1) is 5.69 Å². The fourth-order valence-corrected chi connectivity index (χ4v) is 4.88. The highest BCUT2D eigenvalue weighted by molar-refractivity contribution is 5.94. The van der Waals surface area contributed by atoms with E-state index in [-0.39, 0.29) is 5.91 Å². The highest BCUT2D eigenvalue weighted by atomic mass is 16.2. The monoisotopic (exact) mass is 374 g/mol. The van der Waals surface area contributed by atoms with Crippen LogP contribution >= 0.6 is 0 Å². The first-order chi connectivity index (χ1) is 13.7. The molecule has 6 rings (SSSR count). The van der Waals surface area contributed by atoms with Gasteiger partial charge in [0.15, 0.2) is 0 Å². The van der Waals surface area contributed by atoms with Crippen LogP contribution in [0.25, 0.3) is 5.65 Å². The quantitative estimate of drug-likeness (QED) is 0.706. The molecule has 1 amide bonds. The number of nitrogens with zero attached hydrogens (tertiary/aromatic N) is 4. The summed E-state index contributed by atoms with van der Waals surface area (Å²) in [6, 6.07) is 17.0. The second-order valence-corrected chi connectivity index (χ2v) is 8.20. The fourth-order valence-electron chi connectivity index (χ4n) is 4.88. The molecule has 2 atom stereocenters. The number of hydrogen-bond acceptors (Lipinski definition) is 3. The predicted octanol–water partition coefficient (Wildman–Crippen LogP) is 3.38. The number of aromatic nitrogens is 2. The third kappa shape index (κ3) is 3.10. The van der Waals surface area contributed by atoms with Crippen LogP contribution in [-0.2, 0) is 6.54 Å². The molecular formula is C23H26N4O. The highest BCUT2D eigenvalue weighted by Gasteiger charge is 2.37.